The first-order valence-electron chi connectivity index (χ1n) is 6.39. The lowest BCUT2D eigenvalue weighted by molar-refractivity contribution is -0.121. The van der Waals surface area contributed by atoms with Crippen LogP contribution in [0.2, 0.25) is 0 Å². The van der Waals surface area contributed by atoms with Gasteiger partial charge in [0.25, 0.3) is 5.91 Å². The summed E-state index contributed by atoms with van der Waals surface area (Å²) in [5, 5.41) is 2.71. The Hall–Kier alpha value is -2.11. The number of rotatable bonds is 5. The molecule has 0 atom stereocenters. The van der Waals surface area contributed by atoms with Gasteiger partial charge in [-0.2, -0.15) is 0 Å². The van der Waals surface area contributed by atoms with Crippen LogP contribution in [-0.2, 0) is 4.79 Å². The number of nitrogen functional groups attached to an aromatic ring is 1. The van der Waals surface area contributed by atoms with Gasteiger partial charge < -0.3 is 16.0 Å². The van der Waals surface area contributed by atoms with Gasteiger partial charge in [-0.25, -0.2) is 4.39 Å². The van der Waals surface area contributed by atoms with E-state index in [9.17, 15) is 14.0 Å². The summed E-state index contributed by atoms with van der Waals surface area (Å²) in [7, 11) is 1.47. The van der Waals surface area contributed by atoms with Crippen LogP contribution in [0.15, 0.2) is 18.2 Å². The van der Waals surface area contributed by atoms with Crippen molar-refractivity contribution < 1.29 is 14.0 Å². The molecule has 1 aromatic carbocycles. The number of amides is 2. The molecule has 0 aliphatic heterocycles. The van der Waals surface area contributed by atoms with Crippen molar-refractivity contribution in [3.8, 4) is 0 Å². The van der Waals surface area contributed by atoms with Crippen molar-refractivity contribution in [2.24, 2.45) is 5.92 Å². The minimum absolute atomic E-state index is 0.0594. The average molecular weight is 281 g/mol. The summed E-state index contributed by atoms with van der Waals surface area (Å²) in [6, 6.07) is 4.02. The second kappa shape index (κ2) is 6.88. The lowest BCUT2D eigenvalue weighted by Crippen LogP contribution is -2.39. The van der Waals surface area contributed by atoms with Gasteiger partial charge in [0.1, 0.15) is 5.82 Å². The number of carbonyl (C=O) groups excluding carboxylic acids is 2. The second-order valence-electron chi connectivity index (χ2n) is 5.06. The molecule has 0 unspecified atom stereocenters. The smallest absolute Gasteiger partial charge is 0.256 e. The van der Waals surface area contributed by atoms with Crippen LogP contribution in [0.1, 0.15) is 24.2 Å². The first kappa shape index (κ1) is 15.9. The molecule has 110 valence electrons. The maximum absolute atomic E-state index is 13.3. The molecule has 6 heteroatoms. The summed E-state index contributed by atoms with van der Waals surface area (Å²) in [4.78, 5) is 24.9. The molecule has 0 aromatic heterocycles. The minimum atomic E-state index is -0.645. The molecular weight excluding hydrogens is 261 g/mol. The van der Waals surface area contributed by atoms with Crippen LogP contribution >= 0.6 is 0 Å². The minimum Gasteiger partial charge on any atom is -0.396 e. The first-order chi connectivity index (χ1) is 9.32. The number of hydrogen-bond acceptors (Lipinski definition) is 3. The number of carbonyl (C=O) groups is 2. The van der Waals surface area contributed by atoms with E-state index in [1.165, 1.54) is 30.1 Å². The zero-order chi connectivity index (χ0) is 15.3. The third-order valence-electron chi connectivity index (χ3n) is 2.72. The van der Waals surface area contributed by atoms with Crippen LogP contribution in [0, 0.1) is 11.7 Å². The summed E-state index contributed by atoms with van der Waals surface area (Å²) in [6.45, 7) is 4.40. The zero-order valence-corrected chi connectivity index (χ0v) is 11.9. The van der Waals surface area contributed by atoms with E-state index in [0.717, 1.165) is 0 Å². The molecular formula is C14H20FN3O2. The van der Waals surface area contributed by atoms with Crippen molar-refractivity contribution >= 4 is 17.5 Å². The summed E-state index contributed by atoms with van der Waals surface area (Å²) in [5.74, 6) is -1.06. The highest BCUT2D eigenvalue weighted by atomic mass is 19.1. The number of hydrogen-bond donors (Lipinski definition) is 2. The van der Waals surface area contributed by atoms with Gasteiger partial charge in [0.2, 0.25) is 5.91 Å². The molecule has 1 aromatic rings. The predicted molar refractivity (Wildman–Crippen MR) is 75.6 cm³/mol. The molecule has 3 N–H and O–H groups in total. The van der Waals surface area contributed by atoms with Gasteiger partial charge in [0.05, 0.1) is 17.8 Å². The number of para-hydroxylation sites is 1. The van der Waals surface area contributed by atoms with Gasteiger partial charge in [-0.1, -0.05) is 19.9 Å². The van der Waals surface area contributed by atoms with Crippen LogP contribution in [0.4, 0.5) is 10.1 Å². The molecule has 1 rings (SSSR count). The molecule has 0 radical (unpaired) electrons. The van der Waals surface area contributed by atoms with E-state index in [-0.39, 0.29) is 23.7 Å². The van der Waals surface area contributed by atoms with Gasteiger partial charge in [-0.05, 0) is 18.1 Å². The highest BCUT2D eigenvalue weighted by Gasteiger charge is 2.18. The number of nitrogens with zero attached hydrogens (tertiary/aromatic N) is 1. The van der Waals surface area contributed by atoms with Crippen molar-refractivity contribution in [1.82, 2.24) is 10.2 Å². The topological polar surface area (TPSA) is 75.4 Å². The number of nitrogens with two attached hydrogens (primary N) is 1. The van der Waals surface area contributed by atoms with Crippen molar-refractivity contribution in [3.05, 3.63) is 29.6 Å². The summed E-state index contributed by atoms with van der Waals surface area (Å²) >= 11 is 0. The highest BCUT2D eigenvalue weighted by molar-refractivity contribution is 6.00. The fourth-order valence-electron chi connectivity index (χ4n) is 1.59. The van der Waals surface area contributed by atoms with Gasteiger partial charge in [-0.15, -0.1) is 0 Å². The Balaban J connectivity index is 2.67. The lowest BCUT2D eigenvalue weighted by Gasteiger charge is -2.18. The van der Waals surface area contributed by atoms with Crippen molar-refractivity contribution in [3.63, 3.8) is 0 Å². The maximum Gasteiger partial charge on any atom is 0.256 e. The van der Waals surface area contributed by atoms with Crippen LogP contribution < -0.4 is 11.1 Å². The number of benzene rings is 1. The van der Waals surface area contributed by atoms with Gasteiger partial charge in [0, 0.05) is 13.6 Å². The number of likely N-dealkylation sites (N-methyl/N-ethyl adjacent to an activating group) is 1. The fourth-order valence-corrected chi connectivity index (χ4v) is 1.59. The van der Waals surface area contributed by atoms with Gasteiger partial charge in [-0.3, -0.25) is 9.59 Å². The van der Waals surface area contributed by atoms with Crippen LogP contribution in [-0.4, -0.2) is 36.9 Å². The third-order valence-corrected chi connectivity index (χ3v) is 2.72. The van der Waals surface area contributed by atoms with E-state index in [0.29, 0.717) is 12.5 Å². The van der Waals surface area contributed by atoms with Crippen molar-refractivity contribution in [2.45, 2.75) is 13.8 Å². The standard InChI is InChI=1S/C14H20FN3O2/c1-9(2)7-17-12(19)8-18(3)14(20)10-5-4-6-11(15)13(10)16/h4-6,9H,7-8,16H2,1-3H3,(H,17,19). The molecule has 0 bridgehead atoms. The Kier molecular flexibility index (Phi) is 5.49. The van der Waals surface area contributed by atoms with E-state index < -0.39 is 11.7 Å². The molecule has 20 heavy (non-hydrogen) atoms. The normalized spacial score (nSPS) is 10.4. The Morgan fingerprint density at radius 1 is 1.40 bits per heavy atom. The fraction of sp³-hybridized carbons (Fsp3) is 0.429. The van der Waals surface area contributed by atoms with Crippen LogP contribution in [0.25, 0.3) is 0 Å². The third kappa shape index (κ3) is 4.22. The molecule has 0 fully saturated rings. The quantitative estimate of drug-likeness (QED) is 0.798. The SMILES string of the molecule is CC(C)CNC(=O)CN(C)C(=O)c1cccc(F)c1N. The van der Waals surface area contributed by atoms with E-state index in [4.69, 9.17) is 5.73 Å². The molecule has 5 nitrogen and oxygen atoms in total. The maximum atomic E-state index is 13.3. The zero-order valence-electron chi connectivity index (χ0n) is 11.9. The Bertz CT molecular complexity index is 503. The van der Waals surface area contributed by atoms with E-state index in [2.05, 4.69) is 5.32 Å². The Morgan fingerprint density at radius 2 is 2.05 bits per heavy atom. The largest absolute Gasteiger partial charge is 0.396 e. The van der Waals surface area contributed by atoms with Gasteiger partial charge in [0.15, 0.2) is 0 Å². The van der Waals surface area contributed by atoms with E-state index in [1.807, 2.05) is 13.8 Å². The summed E-state index contributed by atoms with van der Waals surface area (Å²) in [6.07, 6.45) is 0. The molecule has 0 aliphatic carbocycles. The monoisotopic (exact) mass is 281 g/mol. The molecule has 0 saturated heterocycles. The van der Waals surface area contributed by atoms with Gasteiger partial charge >= 0.3 is 0 Å². The lowest BCUT2D eigenvalue weighted by atomic mass is 10.1. The summed E-state index contributed by atoms with van der Waals surface area (Å²) < 4.78 is 13.3. The average Bonchev–Trinajstić information content (AvgIpc) is 2.38. The van der Waals surface area contributed by atoms with Crippen molar-refractivity contribution in [2.75, 3.05) is 25.9 Å². The number of halogens is 1. The molecule has 0 saturated carbocycles. The van der Waals surface area contributed by atoms with Crippen LogP contribution in [0.5, 0.6) is 0 Å². The molecule has 0 spiro atoms. The highest BCUT2D eigenvalue weighted by Crippen LogP contribution is 2.17. The molecule has 2 amide bonds. The number of anilines is 1. The number of nitrogens with one attached hydrogen (secondary N) is 1. The van der Waals surface area contributed by atoms with Crippen LogP contribution in [0.3, 0.4) is 0 Å². The van der Waals surface area contributed by atoms with Crippen molar-refractivity contribution in [1.29, 1.82) is 0 Å². The molecule has 0 aliphatic rings. The predicted octanol–water partition coefficient (Wildman–Crippen LogP) is 1.25. The summed E-state index contributed by atoms with van der Waals surface area (Å²) in [5.41, 5.74) is 5.38. The molecule has 0 heterocycles. The Morgan fingerprint density at radius 3 is 2.65 bits per heavy atom. The second-order valence-corrected chi connectivity index (χ2v) is 5.06. The Labute approximate surface area is 117 Å². The van der Waals surface area contributed by atoms with E-state index >= 15 is 0 Å². The van der Waals surface area contributed by atoms with E-state index in [1.54, 1.807) is 0 Å². The first-order valence-corrected chi connectivity index (χ1v) is 6.39.